The van der Waals surface area contributed by atoms with Crippen molar-refractivity contribution in [2.75, 3.05) is 38.1 Å². The second-order valence-electron chi connectivity index (χ2n) is 6.24. The molecule has 150 valence electrons. The van der Waals surface area contributed by atoms with Gasteiger partial charge in [0.25, 0.3) is 5.69 Å². The maximum absolute atomic E-state index is 13.1. The minimum absolute atomic E-state index is 0. The Morgan fingerprint density at radius 3 is 2.39 bits per heavy atom. The summed E-state index contributed by atoms with van der Waals surface area (Å²) in [4.78, 5) is 19.4. The van der Waals surface area contributed by atoms with Gasteiger partial charge in [-0.2, -0.15) is 0 Å². The van der Waals surface area contributed by atoms with Crippen LogP contribution >= 0.6 is 24.0 Å². The van der Waals surface area contributed by atoms with Gasteiger partial charge in [-0.1, -0.05) is 18.2 Å². The van der Waals surface area contributed by atoms with Crippen LogP contribution in [0.3, 0.4) is 0 Å². The Balaban J connectivity index is 0.00000280. The molecule has 1 aliphatic rings. The van der Waals surface area contributed by atoms with Crippen LogP contribution in [0.15, 0.2) is 53.5 Å². The topological polar surface area (TPSA) is 74.0 Å². The fraction of sp³-hybridized carbons (Fsp3) is 0.316. The molecule has 0 aromatic heterocycles. The molecule has 1 aliphatic heterocycles. The van der Waals surface area contributed by atoms with Gasteiger partial charge in [0.05, 0.1) is 4.92 Å². The van der Waals surface area contributed by atoms with Crippen LogP contribution in [0.4, 0.5) is 15.8 Å². The third-order valence-corrected chi connectivity index (χ3v) is 4.61. The number of para-hydroxylation sites is 1. The number of hydrogen-bond donors (Lipinski definition) is 1. The first kappa shape index (κ1) is 21.9. The summed E-state index contributed by atoms with van der Waals surface area (Å²) in [6, 6.07) is 13.2. The number of halogens is 2. The molecule has 28 heavy (non-hydrogen) atoms. The second kappa shape index (κ2) is 10.2. The van der Waals surface area contributed by atoms with E-state index in [2.05, 4.69) is 20.1 Å². The van der Waals surface area contributed by atoms with Gasteiger partial charge in [-0.3, -0.25) is 15.1 Å². The molecule has 0 saturated carbocycles. The summed E-state index contributed by atoms with van der Waals surface area (Å²) in [7, 11) is 1.70. The summed E-state index contributed by atoms with van der Waals surface area (Å²) in [6.07, 6.45) is 0. The lowest BCUT2D eigenvalue weighted by molar-refractivity contribution is -0.385. The van der Waals surface area contributed by atoms with Crippen LogP contribution in [0.5, 0.6) is 0 Å². The fourth-order valence-electron chi connectivity index (χ4n) is 3.17. The monoisotopic (exact) mass is 499 g/mol. The first-order valence-electron chi connectivity index (χ1n) is 8.77. The molecule has 0 radical (unpaired) electrons. The number of benzene rings is 2. The largest absolute Gasteiger partial charge is 0.368 e. The number of nitrogens with zero attached hydrogens (tertiary/aromatic N) is 4. The Bertz CT molecular complexity index is 823. The molecule has 0 aliphatic carbocycles. The number of guanidine groups is 1. The standard InChI is InChI=1S/C19H22FN5O2.HI/c1-21-19(22-14-15-4-2-3-5-18(15)25(26)27)24-12-10-23(11-13-24)17-8-6-16(20)7-9-17;/h2-9H,10-14H2,1H3,(H,21,22);1H. The SMILES string of the molecule is CN=C(NCc1ccccc1[N+](=O)[O-])N1CCN(c2ccc(F)cc2)CC1.I. The maximum atomic E-state index is 13.1. The smallest absolute Gasteiger partial charge is 0.274 e. The predicted molar refractivity (Wildman–Crippen MR) is 119 cm³/mol. The third kappa shape index (κ3) is 5.31. The van der Waals surface area contributed by atoms with Gasteiger partial charge in [-0.25, -0.2) is 4.39 Å². The zero-order chi connectivity index (χ0) is 19.2. The Morgan fingerprint density at radius 2 is 1.79 bits per heavy atom. The average Bonchev–Trinajstić information content (AvgIpc) is 2.70. The Morgan fingerprint density at radius 1 is 1.14 bits per heavy atom. The maximum Gasteiger partial charge on any atom is 0.274 e. The highest BCUT2D eigenvalue weighted by Gasteiger charge is 2.20. The van der Waals surface area contributed by atoms with E-state index in [1.54, 1.807) is 37.4 Å². The quantitative estimate of drug-likeness (QED) is 0.230. The van der Waals surface area contributed by atoms with Gasteiger partial charge >= 0.3 is 0 Å². The second-order valence-corrected chi connectivity index (χ2v) is 6.24. The number of piperazine rings is 1. The lowest BCUT2D eigenvalue weighted by Crippen LogP contribution is -2.52. The number of hydrogen-bond acceptors (Lipinski definition) is 4. The Labute approximate surface area is 180 Å². The number of rotatable bonds is 4. The molecule has 2 aromatic carbocycles. The van der Waals surface area contributed by atoms with Gasteiger partial charge in [-0.05, 0) is 24.3 Å². The van der Waals surface area contributed by atoms with E-state index in [1.807, 2.05) is 0 Å². The van der Waals surface area contributed by atoms with Gasteiger partial charge in [0.2, 0.25) is 0 Å². The molecule has 0 amide bonds. The van der Waals surface area contributed by atoms with Crippen LogP contribution in [0.1, 0.15) is 5.56 Å². The number of nitrogens with one attached hydrogen (secondary N) is 1. The van der Waals surface area contributed by atoms with Crippen molar-refractivity contribution < 1.29 is 9.31 Å². The van der Waals surface area contributed by atoms with Gasteiger partial charge < -0.3 is 15.1 Å². The van der Waals surface area contributed by atoms with Crippen LogP contribution < -0.4 is 10.2 Å². The van der Waals surface area contributed by atoms with Crippen molar-refractivity contribution in [3.8, 4) is 0 Å². The summed E-state index contributed by atoms with van der Waals surface area (Å²) in [5.41, 5.74) is 1.72. The van der Waals surface area contributed by atoms with Crippen LogP contribution in [0, 0.1) is 15.9 Å². The summed E-state index contributed by atoms with van der Waals surface area (Å²) < 4.78 is 13.1. The van der Waals surface area contributed by atoms with Crippen LogP contribution in [0.2, 0.25) is 0 Å². The van der Waals surface area contributed by atoms with Crippen molar-refractivity contribution in [2.24, 2.45) is 4.99 Å². The van der Waals surface area contributed by atoms with E-state index in [-0.39, 0.29) is 40.4 Å². The van der Waals surface area contributed by atoms with Crippen molar-refractivity contribution in [2.45, 2.75) is 6.54 Å². The van der Waals surface area contributed by atoms with E-state index in [4.69, 9.17) is 0 Å². The van der Waals surface area contributed by atoms with E-state index < -0.39 is 0 Å². The van der Waals surface area contributed by atoms with Crippen LogP contribution in [-0.2, 0) is 6.54 Å². The van der Waals surface area contributed by atoms with Crippen LogP contribution in [0.25, 0.3) is 0 Å². The van der Waals surface area contributed by atoms with Crippen molar-refractivity contribution in [3.63, 3.8) is 0 Å². The summed E-state index contributed by atoms with van der Waals surface area (Å²) in [6.45, 7) is 3.43. The molecule has 1 saturated heterocycles. The number of nitro benzene ring substituents is 1. The molecule has 9 heteroatoms. The third-order valence-electron chi connectivity index (χ3n) is 4.61. The average molecular weight is 499 g/mol. The number of nitro groups is 1. The molecule has 0 spiro atoms. The summed E-state index contributed by atoms with van der Waals surface area (Å²) in [5.74, 6) is 0.476. The van der Waals surface area contributed by atoms with Crippen molar-refractivity contribution in [1.82, 2.24) is 10.2 Å². The molecule has 1 N–H and O–H groups in total. The lowest BCUT2D eigenvalue weighted by atomic mass is 10.2. The van der Waals surface area contributed by atoms with Crippen molar-refractivity contribution >= 4 is 41.3 Å². The zero-order valence-electron chi connectivity index (χ0n) is 15.5. The number of aliphatic imine (C=N–C) groups is 1. The van der Waals surface area contributed by atoms with Crippen molar-refractivity contribution in [3.05, 3.63) is 70.0 Å². The van der Waals surface area contributed by atoms with E-state index in [0.717, 1.165) is 31.9 Å². The molecule has 0 atom stereocenters. The highest BCUT2D eigenvalue weighted by atomic mass is 127. The Hall–Kier alpha value is -2.43. The van der Waals surface area contributed by atoms with E-state index in [0.29, 0.717) is 18.1 Å². The number of anilines is 1. The van der Waals surface area contributed by atoms with Gasteiger partial charge in [0.1, 0.15) is 5.82 Å². The molecule has 2 aromatic rings. The first-order chi connectivity index (χ1) is 13.1. The van der Waals surface area contributed by atoms with E-state index in [9.17, 15) is 14.5 Å². The molecular formula is C19H23FIN5O2. The minimum Gasteiger partial charge on any atom is -0.368 e. The first-order valence-corrected chi connectivity index (χ1v) is 8.77. The molecular weight excluding hydrogens is 476 g/mol. The molecule has 3 rings (SSSR count). The summed E-state index contributed by atoms with van der Waals surface area (Å²) >= 11 is 0. The Kier molecular flexibility index (Phi) is 7.97. The predicted octanol–water partition coefficient (Wildman–Crippen LogP) is 3.25. The van der Waals surface area contributed by atoms with Crippen molar-refractivity contribution in [1.29, 1.82) is 0 Å². The molecule has 0 bridgehead atoms. The highest BCUT2D eigenvalue weighted by molar-refractivity contribution is 14.0. The molecule has 1 fully saturated rings. The van der Waals surface area contributed by atoms with Gasteiger partial charge in [0, 0.05) is 57.1 Å². The molecule has 0 unspecified atom stereocenters. The van der Waals surface area contributed by atoms with E-state index in [1.165, 1.54) is 18.2 Å². The summed E-state index contributed by atoms with van der Waals surface area (Å²) in [5, 5.41) is 14.4. The minimum atomic E-state index is -0.374. The van der Waals surface area contributed by atoms with E-state index >= 15 is 0 Å². The fourth-order valence-corrected chi connectivity index (χ4v) is 3.17. The molecule has 7 nitrogen and oxygen atoms in total. The van der Waals surface area contributed by atoms with Gasteiger partial charge in [-0.15, -0.1) is 24.0 Å². The molecule has 1 heterocycles. The van der Waals surface area contributed by atoms with Crippen LogP contribution in [-0.4, -0.2) is 49.0 Å². The zero-order valence-corrected chi connectivity index (χ0v) is 17.9. The normalized spacial score (nSPS) is 14.4. The highest BCUT2D eigenvalue weighted by Crippen LogP contribution is 2.18. The lowest BCUT2D eigenvalue weighted by Gasteiger charge is -2.37. The van der Waals surface area contributed by atoms with Gasteiger partial charge in [0.15, 0.2) is 5.96 Å².